The van der Waals surface area contributed by atoms with Crippen LogP contribution < -0.4 is 4.74 Å². The van der Waals surface area contributed by atoms with Crippen LogP contribution in [0, 0.1) is 5.82 Å². The van der Waals surface area contributed by atoms with E-state index in [4.69, 9.17) is 21.1 Å². The first-order valence-electron chi connectivity index (χ1n) is 8.01. The standard InChI is InChI=1S/C19H17ClFNO4/c1-25-19(24)17-8-12-4-2-3-5-13(12)10-22(17)18(23)11-26-14-6-7-16(21)15(20)9-14/h2-7,9,17H,8,10-11H2,1H3. The Morgan fingerprint density at radius 2 is 1.96 bits per heavy atom. The van der Waals surface area contributed by atoms with Crippen LogP contribution in [0.5, 0.6) is 5.75 Å². The van der Waals surface area contributed by atoms with Crippen LogP contribution in [0.25, 0.3) is 0 Å². The highest BCUT2D eigenvalue weighted by molar-refractivity contribution is 6.30. The summed E-state index contributed by atoms with van der Waals surface area (Å²) in [5.74, 6) is -1.13. The van der Waals surface area contributed by atoms with Crippen molar-refractivity contribution in [2.45, 2.75) is 19.0 Å². The number of methoxy groups -OCH3 is 1. The van der Waals surface area contributed by atoms with E-state index in [9.17, 15) is 14.0 Å². The molecule has 0 aliphatic carbocycles. The molecule has 5 nitrogen and oxygen atoms in total. The number of carbonyl (C=O) groups is 2. The number of ether oxygens (including phenoxy) is 2. The SMILES string of the molecule is COC(=O)C1Cc2ccccc2CN1C(=O)COc1ccc(F)c(Cl)c1. The summed E-state index contributed by atoms with van der Waals surface area (Å²) in [6.45, 7) is -0.0000696. The van der Waals surface area contributed by atoms with Crippen LogP contribution in [0.15, 0.2) is 42.5 Å². The summed E-state index contributed by atoms with van der Waals surface area (Å²) < 4.78 is 23.5. The average Bonchev–Trinajstić information content (AvgIpc) is 2.67. The Kier molecular flexibility index (Phi) is 5.42. The Balaban J connectivity index is 1.75. The number of halogens is 2. The smallest absolute Gasteiger partial charge is 0.328 e. The minimum atomic E-state index is -0.706. The maximum Gasteiger partial charge on any atom is 0.328 e. The predicted molar refractivity (Wildman–Crippen MR) is 93.4 cm³/mol. The van der Waals surface area contributed by atoms with Crippen molar-refractivity contribution in [2.24, 2.45) is 0 Å². The normalized spacial score (nSPS) is 16.0. The van der Waals surface area contributed by atoms with Crippen molar-refractivity contribution >= 4 is 23.5 Å². The highest BCUT2D eigenvalue weighted by Crippen LogP contribution is 2.25. The predicted octanol–water partition coefficient (Wildman–Crippen LogP) is 2.98. The van der Waals surface area contributed by atoms with Crippen molar-refractivity contribution in [3.05, 3.63) is 64.4 Å². The zero-order valence-electron chi connectivity index (χ0n) is 14.1. The molecule has 0 aromatic heterocycles. The summed E-state index contributed by atoms with van der Waals surface area (Å²) in [7, 11) is 1.29. The lowest BCUT2D eigenvalue weighted by Crippen LogP contribution is -2.50. The number of hydrogen-bond acceptors (Lipinski definition) is 4. The monoisotopic (exact) mass is 377 g/mol. The Morgan fingerprint density at radius 1 is 1.23 bits per heavy atom. The summed E-state index contributed by atoms with van der Waals surface area (Å²) in [5.41, 5.74) is 1.99. The first kappa shape index (κ1) is 18.2. The van der Waals surface area contributed by atoms with Crippen LogP contribution in [0.4, 0.5) is 4.39 Å². The average molecular weight is 378 g/mol. The lowest BCUT2D eigenvalue weighted by molar-refractivity contribution is -0.154. The van der Waals surface area contributed by atoms with Gasteiger partial charge in [-0.1, -0.05) is 35.9 Å². The van der Waals surface area contributed by atoms with Gasteiger partial charge in [-0.2, -0.15) is 0 Å². The van der Waals surface area contributed by atoms with Crippen molar-refractivity contribution in [2.75, 3.05) is 13.7 Å². The fourth-order valence-corrected chi connectivity index (χ4v) is 3.10. The third-order valence-corrected chi connectivity index (χ3v) is 4.59. The number of hydrogen-bond donors (Lipinski definition) is 0. The van der Waals surface area contributed by atoms with E-state index in [1.807, 2.05) is 24.3 Å². The largest absolute Gasteiger partial charge is 0.484 e. The molecule has 0 bridgehead atoms. The minimum Gasteiger partial charge on any atom is -0.484 e. The van der Waals surface area contributed by atoms with Gasteiger partial charge in [-0.05, 0) is 23.3 Å². The number of carbonyl (C=O) groups excluding carboxylic acids is 2. The molecule has 1 amide bonds. The summed E-state index contributed by atoms with van der Waals surface area (Å²) >= 11 is 5.71. The van der Waals surface area contributed by atoms with Crippen LogP contribution in [-0.2, 0) is 27.3 Å². The maximum absolute atomic E-state index is 13.2. The highest BCUT2D eigenvalue weighted by Gasteiger charge is 2.35. The van der Waals surface area contributed by atoms with E-state index < -0.39 is 17.8 Å². The molecule has 0 saturated carbocycles. The van der Waals surface area contributed by atoms with Gasteiger partial charge in [0.05, 0.1) is 12.1 Å². The van der Waals surface area contributed by atoms with E-state index in [-0.39, 0.29) is 23.3 Å². The lowest BCUT2D eigenvalue weighted by atomic mass is 9.94. The Labute approximate surface area is 155 Å². The molecule has 0 radical (unpaired) electrons. The second kappa shape index (κ2) is 7.74. The summed E-state index contributed by atoms with van der Waals surface area (Å²) in [6.07, 6.45) is 0.386. The van der Waals surface area contributed by atoms with Gasteiger partial charge in [0.1, 0.15) is 17.6 Å². The van der Waals surface area contributed by atoms with Gasteiger partial charge in [0, 0.05) is 19.0 Å². The van der Waals surface area contributed by atoms with Crippen LogP contribution >= 0.6 is 11.6 Å². The first-order valence-corrected chi connectivity index (χ1v) is 8.39. The van der Waals surface area contributed by atoms with E-state index in [1.54, 1.807) is 0 Å². The van der Waals surface area contributed by atoms with Crippen molar-refractivity contribution < 1.29 is 23.5 Å². The summed E-state index contributed by atoms with van der Waals surface area (Å²) in [6, 6.07) is 10.8. The van der Waals surface area contributed by atoms with Crippen LogP contribution in [0.2, 0.25) is 5.02 Å². The molecule has 1 atom stereocenters. The van der Waals surface area contributed by atoms with Gasteiger partial charge < -0.3 is 14.4 Å². The van der Waals surface area contributed by atoms with E-state index in [0.29, 0.717) is 13.0 Å². The van der Waals surface area contributed by atoms with Crippen molar-refractivity contribution in [1.29, 1.82) is 0 Å². The van der Waals surface area contributed by atoms with Crippen LogP contribution in [0.1, 0.15) is 11.1 Å². The van der Waals surface area contributed by atoms with Crippen LogP contribution in [0.3, 0.4) is 0 Å². The molecule has 1 unspecified atom stereocenters. The maximum atomic E-state index is 13.2. The molecular weight excluding hydrogens is 361 g/mol. The van der Waals surface area contributed by atoms with E-state index in [2.05, 4.69) is 0 Å². The van der Waals surface area contributed by atoms with Gasteiger partial charge in [0.25, 0.3) is 5.91 Å². The molecule has 0 fully saturated rings. The van der Waals surface area contributed by atoms with Crippen molar-refractivity contribution in [3.8, 4) is 5.75 Å². The Bertz CT molecular complexity index is 842. The molecule has 136 valence electrons. The third-order valence-electron chi connectivity index (χ3n) is 4.30. The van der Waals surface area contributed by atoms with Gasteiger partial charge in [0.2, 0.25) is 0 Å². The van der Waals surface area contributed by atoms with E-state index in [0.717, 1.165) is 17.2 Å². The van der Waals surface area contributed by atoms with Gasteiger partial charge in [-0.3, -0.25) is 4.79 Å². The van der Waals surface area contributed by atoms with E-state index >= 15 is 0 Å². The number of nitrogens with zero attached hydrogens (tertiary/aromatic N) is 1. The second-order valence-electron chi connectivity index (χ2n) is 5.90. The molecule has 1 heterocycles. The molecule has 0 N–H and O–H groups in total. The molecule has 2 aromatic carbocycles. The van der Waals surface area contributed by atoms with Gasteiger partial charge in [-0.15, -0.1) is 0 Å². The van der Waals surface area contributed by atoms with E-state index in [1.165, 1.54) is 24.1 Å². The molecular formula is C19H17ClFNO4. The first-order chi connectivity index (χ1) is 12.5. The minimum absolute atomic E-state index is 0.0886. The van der Waals surface area contributed by atoms with Gasteiger partial charge >= 0.3 is 5.97 Å². The fourth-order valence-electron chi connectivity index (χ4n) is 2.93. The third kappa shape index (κ3) is 3.80. The Morgan fingerprint density at radius 3 is 2.65 bits per heavy atom. The zero-order chi connectivity index (χ0) is 18.7. The van der Waals surface area contributed by atoms with Crippen molar-refractivity contribution in [1.82, 2.24) is 4.90 Å². The quantitative estimate of drug-likeness (QED) is 0.769. The molecule has 7 heteroatoms. The fraction of sp³-hybridized carbons (Fsp3) is 0.263. The molecule has 2 aromatic rings. The lowest BCUT2D eigenvalue weighted by Gasteiger charge is -2.35. The number of amides is 1. The van der Waals surface area contributed by atoms with Gasteiger partial charge in [0.15, 0.2) is 6.61 Å². The topological polar surface area (TPSA) is 55.8 Å². The number of esters is 1. The second-order valence-corrected chi connectivity index (χ2v) is 6.31. The number of fused-ring (bicyclic) bond motifs is 1. The molecule has 0 saturated heterocycles. The summed E-state index contributed by atoms with van der Waals surface area (Å²) in [5, 5.41) is -0.0886. The zero-order valence-corrected chi connectivity index (χ0v) is 14.8. The molecule has 26 heavy (non-hydrogen) atoms. The molecule has 3 rings (SSSR count). The Hall–Kier alpha value is -2.60. The van der Waals surface area contributed by atoms with Gasteiger partial charge in [-0.25, -0.2) is 9.18 Å². The molecule has 1 aliphatic heterocycles. The summed E-state index contributed by atoms with van der Waals surface area (Å²) in [4.78, 5) is 26.2. The molecule has 1 aliphatic rings. The number of benzene rings is 2. The van der Waals surface area contributed by atoms with Crippen molar-refractivity contribution in [3.63, 3.8) is 0 Å². The van der Waals surface area contributed by atoms with Crippen LogP contribution in [-0.4, -0.2) is 36.5 Å². The molecule has 0 spiro atoms. The number of rotatable bonds is 4. The highest BCUT2D eigenvalue weighted by atomic mass is 35.5.